The molecule has 24 heavy (non-hydrogen) atoms. The van der Waals surface area contributed by atoms with E-state index in [1.54, 1.807) is 29.4 Å². The molecule has 1 fully saturated rings. The first-order valence-corrected chi connectivity index (χ1v) is 8.88. The van der Waals surface area contributed by atoms with Crippen molar-refractivity contribution in [2.45, 2.75) is 12.6 Å². The first kappa shape index (κ1) is 17.1. The Hall–Kier alpha value is -1.76. The molecule has 2 heterocycles. The predicted octanol–water partition coefficient (Wildman–Crippen LogP) is 2.92. The van der Waals surface area contributed by atoms with Crippen LogP contribution in [0, 0.1) is 5.82 Å². The van der Waals surface area contributed by atoms with Crippen LogP contribution in [0.5, 0.6) is 0 Å². The van der Waals surface area contributed by atoms with Gasteiger partial charge in [0.2, 0.25) is 5.91 Å². The van der Waals surface area contributed by atoms with Crippen LogP contribution < -0.4 is 0 Å². The average molecular weight is 348 g/mol. The van der Waals surface area contributed by atoms with Crippen LogP contribution in [-0.2, 0) is 16.1 Å². The lowest BCUT2D eigenvalue weighted by Gasteiger charge is -2.35. The van der Waals surface area contributed by atoms with Crippen molar-refractivity contribution in [3.63, 3.8) is 0 Å². The van der Waals surface area contributed by atoms with Gasteiger partial charge in [0, 0.05) is 25.0 Å². The Morgan fingerprint density at radius 1 is 1.33 bits per heavy atom. The normalized spacial score (nSPS) is 16.8. The molecule has 0 saturated carbocycles. The number of morpholine rings is 1. The van der Waals surface area contributed by atoms with E-state index in [9.17, 15) is 9.18 Å². The van der Waals surface area contributed by atoms with E-state index < -0.39 is 6.04 Å². The van der Waals surface area contributed by atoms with Gasteiger partial charge in [0.1, 0.15) is 11.9 Å². The topological polar surface area (TPSA) is 32.8 Å². The molecule has 0 bridgehead atoms. The maximum atomic E-state index is 13.7. The number of benzene rings is 1. The number of hydrogen-bond donors (Lipinski definition) is 0. The van der Waals surface area contributed by atoms with Gasteiger partial charge in [0.05, 0.1) is 19.8 Å². The van der Waals surface area contributed by atoms with Crippen molar-refractivity contribution in [3.05, 3.63) is 58.0 Å². The third-order valence-electron chi connectivity index (χ3n) is 4.16. The molecule has 1 amide bonds. The van der Waals surface area contributed by atoms with Crippen molar-refractivity contribution in [1.29, 1.82) is 0 Å². The van der Waals surface area contributed by atoms with Gasteiger partial charge in [-0.2, -0.15) is 0 Å². The van der Waals surface area contributed by atoms with Gasteiger partial charge in [0.25, 0.3) is 0 Å². The first-order chi connectivity index (χ1) is 11.6. The minimum absolute atomic E-state index is 0.0177. The molecule has 1 atom stereocenters. The van der Waals surface area contributed by atoms with Crippen LogP contribution in [0.2, 0.25) is 0 Å². The second kappa shape index (κ2) is 7.88. The zero-order valence-corrected chi connectivity index (χ0v) is 14.5. The summed E-state index contributed by atoms with van der Waals surface area (Å²) in [5, 5.41) is 2.00. The number of halogens is 1. The van der Waals surface area contributed by atoms with Gasteiger partial charge in [-0.1, -0.05) is 18.2 Å². The molecule has 6 heteroatoms. The lowest BCUT2D eigenvalue weighted by molar-refractivity contribution is -0.138. The molecule has 0 N–H and O–H groups in total. The minimum atomic E-state index is -0.477. The number of thiophene rings is 1. The summed E-state index contributed by atoms with van der Waals surface area (Å²) < 4.78 is 19.1. The predicted molar refractivity (Wildman–Crippen MR) is 92.3 cm³/mol. The first-order valence-electron chi connectivity index (χ1n) is 8.00. The molecule has 0 unspecified atom stereocenters. The van der Waals surface area contributed by atoms with Crippen molar-refractivity contribution in [3.8, 4) is 0 Å². The number of rotatable bonds is 5. The molecule has 128 valence electrons. The molecule has 1 saturated heterocycles. The fourth-order valence-corrected chi connectivity index (χ4v) is 3.70. The van der Waals surface area contributed by atoms with Gasteiger partial charge < -0.3 is 9.64 Å². The van der Waals surface area contributed by atoms with Crippen LogP contribution in [0.3, 0.4) is 0 Å². The van der Waals surface area contributed by atoms with Crippen LogP contribution in [-0.4, -0.2) is 49.1 Å². The summed E-state index contributed by atoms with van der Waals surface area (Å²) in [7, 11) is 1.80. The zero-order valence-electron chi connectivity index (χ0n) is 13.7. The molecular weight excluding hydrogens is 327 g/mol. The van der Waals surface area contributed by atoms with Crippen LogP contribution >= 0.6 is 11.3 Å². The summed E-state index contributed by atoms with van der Waals surface area (Å²) in [6.45, 7) is 3.08. The smallest absolute Gasteiger partial charge is 0.244 e. The van der Waals surface area contributed by atoms with Gasteiger partial charge in [-0.25, -0.2) is 4.39 Å². The second-order valence-corrected chi connectivity index (χ2v) is 6.91. The minimum Gasteiger partial charge on any atom is -0.379 e. The van der Waals surface area contributed by atoms with Crippen molar-refractivity contribution in [1.82, 2.24) is 9.80 Å². The monoisotopic (exact) mass is 348 g/mol. The molecule has 0 aliphatic carbocycles. The Labute approximate surface area is 145 Å². The quantitative estimate of drug-likeness (QED) is 0.833. The van der Waals surface area contributed by atoms with E-state index >= 15 is 0 Å². The lowest BCUT2D eigenvalue weighted by atomic mass is 10.0. The maximum absolute atomic E-state index is 13.7. The highest BCUT2D eigenvalue weighted by Crippen LogP contribution is 2.25. The highest BCUT2D eigenvalue weighted by atomic mass is 32.1. The number of hydrogen-bond acceptors (Lipinski definition) is 4. The standard InChI is InChI=1S/C18H21FN2O2S/c1-20(13-16-6-3-11-24-16)18(22)17(21-7-9-23-10-8-21)14-4-2-5-15(19)12-14/h2-6,11-12,17H,7-10,13H2,1H3/t17-/m0/s1. The van der Waals surface area contributed by atoms with Crippen LogP contribution in [0.25, 0.3) is 0 Å². The third-order valence-corrected chi connectivity index (χ3v) is 5.02. The van der Waals surface area contributed by atoms with E-state index in [1.807, 2.05) is 23.6 Å². The van der Waals surface area contributed by atoms with E-state index in [0.717, 1.165) is 4.88 Å². The Morgan fingerprint density at radius 3 is 2.79 bits per heavy atom. The third kappa shape index (κ3) is 4.01. The van der Waals surface area contributed by atoms with Crippen molar-refractivity contribution in [2.24, 2.45) is 0 Å². The van der Waals surface area contributed by atoms with E-state index in [2.05, 4.69) is 4.90 Å². The van der Waals surface area contributed by atoms with Gasteiger partial charge in [-0.05, 0) is 29.1 Å². The highest BCUT2D eigenvalue weighted by molar-refractivity contribution is 7.09. The van der Waals surface area contributed by atoms with Crippen LogP contribution in [0.4, 0.5) is 4.39 Å². The average Bonchev–Trinajstić information content (AvgIpc) is 3.09. The van der Waals surface area contributed by atoms with Gasteiger partial charge in [0.15, 0.2) is 0 Å². The summed E-state index contributed by atoms with van der Waals surface area (Å²) in [4.78, 5) is 18.0. The highest BCUT2D eigenvalue weighted by Gasteiger charge is 2.31. The summed E-state index contributed by atoms with van der Waals surface area (Å²) in [6, 6.07) is 9.85. The van der Waals surface area contributed by atoms with Crippen LogP contribution in [0.1, 0.15) is 16.5 Å². The maximum Gasteiger partial charge on any atom is 0.244 e. The molecule has 1 aromatic heterocycles. The molecule has 1 aliphatic rings. The Kier molecular flexibility index (Phi) is 5.60. The summed E-state index contributed by atoms with van der Waals surface area (Å²) >= 11 is 1.63. The summed E-state index contributed by atoms with van der Waals surface area (Å²) in [5.74, 6) is -0.338. The summed E-state index contributed by atoms with van der Waals surface area (Å²) in [5.41, 5.74) is 0.694. The van der Waals surface area contributed by atoms with Crippen molar-refractivity contribution in [2.75, 3.05) is 33.4 Å². The molecule has 1 aliphatic heterocycles. The number of carbonyl (C=O) groups excluding carboxylic acids is 1. The van der Waals surface area contributed by atoms with Gasteiger partial charge in [-0.3, -0.25) is 9.69 Å². The van der Waals surface area contributed by atoms with E-state index in [1.165, 1.54) is 12.1 Å². The van der Waals surface area contributed by atoms with E-state index in [0.29, 0.717) is 38.4 Å². The largest absolute Gasteiger partial charge is 0.379 e. The van der Waals surface area contributed by atoms with Crippen LogP contribution in [0.15, 0.2) is 41.8 Å². The van der Waals surface area contributed by atoms with Crippen molar-refractivity contribution < 1.29 is 13.9 Å². The molecular formula is C18H21FN2O2S. The molecule has 4 nitrogen and oxygen atoms in total. The van der Waals surface area contributed by atoms with Gasteiger partial charge in [-0.15, -0.1) is 11.3 Å². The SMILES string of the molecule is CN(Cc1cccs1)C(=O)[C@H](c1cccc(F)c1)N1CCOCC1. The number of nitrogens with zero attached hydrogens (tertiary/aromatic N) is 2. The molecule has 0 spiro atoms. The van der Waals surface area contributed by atoms with Gasteiger partial charge >= 0.3 is 0 Å². The second-order valence-electron chi connectivity index (χ2n) is 5.88. The summed E-state index contributed by atoms with van der Waals surface area (Å²) in [6.07, 6.45) is 0. The fourth-order valence-electron chi connectivity index (χ4n) is 2.94. The fraction of sp³-hybridized carbons (Fsp3) is 0.389. The Balaban J connectivity index is 1.84. The van der Waals surface area contributed by atoms with E-state index in [4.69, 9.17) is 4.74 Å². The molecule has 0 radical (unpaired) electrons. The molecule has 3 rings (SSSR count). The number of amides is 1. The number of likely N-dealkylation sites (N-methyl/N-ethyl adjacent to an activating group) is 1. The number of ether oxygens (including phenoxy) is 1. The number of carbonyl (C=O) groups is 1. The van der Waals surface area contributed by atoms with E-state index in [-0.39, 0.29) is 11.7 Å². The van der Waals surface area contributed by atoms with Crippen molar-refractivity contribution >= 4 is 17.2 Å². The molecule has 2 aromatic rings. The Morgan fingerprint density at radius 2 is 2.12 bits per heavy atom. The lowest BCUT2D eigenvalue weighted by Crippen LogP contribution is -2.46. The molecule has 1 aromatic carbocycles. The Bertz CT molecular complexity index is 671. The zero-order chi connectivity index (χ0) is 16.9.